The molecule has 0 aliphatic carbocycles. The third-order valence-corrected chi connectivity index (χ3v) is 4.21. The summed E-state index contributed by atoms with van der Waals surface area (Å²) in [7, 11) is 0. The maximum absolute atomic E-state index is 13.2. The first-order chi connectivity index (χ1) is 9.93. The fraction of sp³-hybridized carbons (Fsp3) is 0.429. The Morgan fingerprint density at radius 2 is 2.24 bits per heavy atom. The van der Waals surface area contributed by atoms with Gasteiger partial charge in [0.25, 0.3) is 0 Å². The summed E-state index contributed by atoms with van der Waals surface area (Å²) in [5.74, 6) is -1.86. The van der Waals surface area contributed by atoms with Crippen LogP contribution in [0.25, 0.3) is 0 Å². The normalized spacial score (nSPS) is 21.2. The molecule has 1 saturated heterocycles. The Hall–Kier alpha value is -1.47. The number of benzene rings is 1. The van der Waals surface area contributed by atoms with Crippen LogP contribution in [-0.2, 0) is 20.7 Å². The second kappa shape index (κ2) is 6.53. The number of halogens is 2. The summed E-state index contributed by atoms with van der Waals surface area (Å²) >= 11 is 3.29. The van der Waals surface area contributed by atoms with Gasteiger partial charge in [-0.1, -0.05) is 15.9 Å². The Kier molecular flexibility index (Phi) is 4.95. The summed E-state index contributed by atoms with van der Waals surface area (Å²) in [4.78, 5) is 23.2. The zero-order chi connectivity index (χ0) is 15.5. The number of rotatable bonds is 5. The second-order valence-electron chi connectivity index (χ2n) is 4.97. The number of amides is 1. The highest BCUT2D eigenvalue weighted by Crippen LogP contribution is 2.21. The molecule has 7 heteroatoms. The lowest BCUT2D eigenvalue weighted by Gasteiger charge is -2.23. The van der Waals surface area contributed by atoms with Crippen LogP contribution < -0.4 is 5.32 Å². The Balaban J connectivity index is 1.96. The molecule has 0 spiro atoms. The van der Waals surface area contributed by atoms with Gasteiger partial charge in [-0.3, -0.25) is 4.79 Å². The fourth-order valence-electron chi connectivity index (χ4n) is 2.20. The van der Waals surface area contributed by atoms with Gasteiger partial charge in [0.1, 0.15) is 5.82 Å². The summed E-state index contributed by atoms with van der Waals surface area (Å²) in [6.45, 7) is 0.278. The molecule has 114 valence electrons. The molecule has 1 unspecified atom stereocenters. The van der Waals surface area contributed by atoms with Crippen molar-refractivity contribution < 1.29 is 23.8 Å². The van der Waals surface area contributed by atoms with E-state index in [1.807, 2.05) is 0 Å². The van der Waals surface area contributed by atoms with E-state index >= 15 is 0 Å². The van der Waals surface area contributed by atoms with Crippen LogP contribution in [0.2, 0.25) is 0 Å². The summed E-state index contributed by atoms with van der Waals surface area (Å²) in [6.07, 6.45) is 0.648. The Morgan fingerprint density at radius 1 is 1.48 bits per heavy atom. The van der Waals surface area contributed by atoms with Gasteiger partial charge in [-0.25, -0.2) is 9.18 Å². The van der Waals surface area contributed by atoms with Crippen molar-refractivity contribution >= 4 is 27.8 Å². The summed E-state index contributed by atoms with van der Waals surface area (Å²) in [6, 6.07) is 4.25. The van der Waals surface area contributed by atoms with Crippen LogP contribution in [0.15, 0.2) is 22.7 Å². The van der Waals surface area contributed by atoms with Crippen LogP contribution in [0.5, 0.6) is 0 Å². The van der Waals surface area contributed by atoms with E-state index in [9.17, 15) is 19.1 Å². The number of carbonyl (C=O) groups excluding carboxylic acids is 1. The average Bonchev–Trinajstić information content (AvgIpc) is 2.89. The fourth-order valence-corrected chi connectivity index (χ4v) is 2.64. The number of nitrogens with one attached hydrogen (secondary N) is 1. The van der Waals surface area contributed by atoms with E-state index in [0.29, 0.717) is 23.1 Å². The van der Waals surface area contributed by atoms with Gasteiger partial charge in [0, 0.05) is 23.9 Å². The highest BCUT2D eigenvalue weighted by Gasteiger charge is 2.43. The smallest absolute Gasteiger partial charge is 0.331 e. The SMILES string of the molecule is O=C(CCc1cc(F)ccc1Br)NC1(C(=O)O)CCOC1. The van der Waals surface area contributed by atoms with E-state index in [2.05, 4.69) is 21.2 Å². The van der Waals surface area contributed by atoms with Crippen LogP contribution in [0, 0.1) is 5.82 Å². The third kappa shape index (κ3) is 3.79. The number of aliphatic carboxylic acids is 1. The van der Waals surface area contributed by atoms with Crippen LogP contribution in [-0.4, -0.2) is 35.7 Å². The van der Waals surface area contributed by atoms with Gasteiger partial charge in [-0.05, 0) is 30.2 Å². The van der Waals surface area contributed by atoms with Gasteiger partial charge in [0.05, 0.1) is 6.61 Å². The highest BCUT2D eigenvalue weighted by molar-refractivity contribution is 9.10. The standard InChI is InChI=1S/C14H15BrFNO4/c15-11-3-2-10(16)7-9(11)1-4-12(18)17-14(13(19)20)5-6-21-8-14/h2-3,7H,1,4-6,8H2,(H,17,18)(H,19,20). The number of aryl methyl sites for hydroxylation is 1. The second-order valence-corrected chi connectivity index (χ2v) is 5.83. The van der Waals surface area contributed by atoms with Gasteiger partial charge < -0.3 is 15.2 Å². The van der Waals surface area contributed by atoms with Crippen molar-refractivity contribution in [2.75, 3.05) is 13.2 Å². The van der Waals surface area contributed by atoms with Crippen molar-refractivity contribution in [1.29, 1.82) is 0 Å². The van der Waals surface area contributed by atoms with Gasteiger partial charge in [-0.2, -0.15) is 0 Å². The molecule has 21 heavy (non-hydrogen) atoms. The quantitative estimate of drug-likeness (QED) is 0.841. The molecule has 1 aromatic rings. The summed E-state index contributed by atoms with van der Waals surface area (Å²) in [5, 5.41) is 11.8. The number of ether oxygens (including phenoxy) is 1. The van der Waals surface area contributed by atoms with E-state index in [0.717, 1.165) is 0 Å². The van der Waals surface area contributed by atoms with Crippen LogP contribution >= 0.6 is 15.9 Å². The Bertz CT molecular complexity index is 558. The molecule has 1 aliphatic rings. The third-order valence-electron chi connectivity index (χ3n) is 3.44. The number of hydrogen-bond acceptors (Lipinski definition) is 3. The number of carboxylic acids is 1. The Morgan fingerprint density at radius 3 is 2.86 bits per heavy atom. The van der Waals surface area contributed by atoms with Crippen LogP contribution in [0.3, 0.4) is 0 Å². The van der Waals surface area contributed by atoms with E-state index in [4.69, 9.17) is 4.74 Å². The molecule has 1 aliphatic heterocycles. The highest BCUT2D eigenvalue weighted by atomic mass is 79.9. The number of hydrogen-bond donors (Lipinski definition) is 2. The first-order valence-corrected chi connectivity index (χ1v) is 7.28. The zero-order valence-corrected chi connectivity index (χ0v) is 12.8. The van der Waals surface area contributed by atoms with Crippen molar-refractivity contribution in [2.24, 2.45) is 0 Å². The molecule has 1 aromatic carbocycles. The van der Waals surface area contributed by atoms with Crippen molar-refractivity contribution in [3.63, 3.8) is 0 Å². The molecule has 1 amide bonds. The van der Waals surface area contributed by atoms with Crippen LogP contribution in [0.1, 0.15) is 18.4 Å². The molecular formula is C14H15BrFNO4. The van der Waals surface area contributed by atoms with E-state index in [1.54, 1.807) is 6.07 Å². The predicted molar refractivity (Wildman–Crippen MR) is 76.4 cm³/mol. The number of carboxylic acid groups (broad SMARTS) is 1. The monoisotopic (exact) mass is 359 g/mol. The molecule has 0 radical (unpaired) electrons. The van der Waals surface area contributed by atoms with Crippen LogP contribution in [0.4, 0.5) is 4.39 Å². The Labute approximate surface area is 129 Å². The molecule has 1 heterocycles. The van der Waals surface area contributed by atoms with Crippen molar-refractivity contribution in [2.45, 2.75) is 24.8 Å². The molecule has 0 bridgehead atoms. The molecule has 2 rings (SSSR count). The first kappa shape index (κ1) is 15.9. The minimum atomic E-state index is -1.34. The molecule has 5 nitrogen and oxygen atoms in total. The van der Waals surface area contributed by atoms with Gasteiger partial charge in [-0.15, -0.1) is 0 Å². The van der Waals surface area contributed by atoms with Gasteiger partial charge in [0.2, 0.25) is 5.91 Å². The molecule has 0 saturated carbocycles. The maximum Gasteiger partial charge on any atom is 0.331 e. The van der Waals surface area contributed by atoms with Gasteiger partial charge in [0.15, 0.2) is 5.54 Å². The number of carbonyl (C=O) groups is 2. The lowest BCUT2D eigenvalue weighted by atomic mass is 9.98. The van der Waals surface area contributed by atoms with Crippen molar-refractivity contribution in [1.82, 2.24) is 5.32 Å². The average molecular weight is 360 g/mol. The van der Waals surface area contributed by atoms with E-state index in [1.165, 1.54) is 12.1 Å². The topological polar surface area (TPSA) is 75.6 Å². The molecule has 2 N–H and O–H groups in total. The lowest BCUT2D eigenvalue weighted by molar-refractivity contribution is -0.147. The summed E-state index contributed by atoms with van der Waals surface area (Å²) < 4.78 is 18.9. The lowest BCUT2D eigenvalue weighted by Crippen LogP contribution is -2.55. The molecule has 0 aromatic heterocycles. The van der Waals surface area contributed by atoms with Crippen molar-refractivity contribution in [3.8, 4) is 0 Å². The maximum atomic E-state index is 13.2. The van der Waals surface area contributed by atoms with E-state index in [-0.39, 0.29) is 31.2 Å². The van der Waals surface area contributed by atoms with Crippen molar-refractivity contribution in [3.05, 3.63) is 34.1 Å². The first-order valence-electron chi connectivity index (χ1n) is 6.49. The zero-order valence-electron chi connectivity index (χ0n) is 11.2. The largest absolute Gasteiger partial charge is 0.479 e. The van der Waals surface area contributed by atoms with E-state index < -0.39 is 11.5 Å². The van der Waals surface area contributed by atoms with Gasteiger partial charge >= 0.3 is 5.97 Å². The molecular weight excluding hydrogens is 345 g/mol. The minimum Gasteiger partial charge on any atom is -0.479 e. The predicted octanol–water partition coefficient (Wildman–Crippen LogP) is 1.88. The minimum absolute atomic E-state index is 0.0300. The summed E-state index contributed by atoms with van der Waals surface area (Å²) in [5.41, 5.74) is -0.673. The molecule has 1 atom stereocenters. The molecule has 1 fully saturated rings.